The Morgan fingerprint density at radius 3 is 2.44 bits per heavy atom. The summed E-state index contributed by atoms with van der Waals surface area (Å²) in [5, 5.41) is 2.45. The normalized spacial score (nSPS) is 16.1. The quantitative estimate of drug-likeness (QED) is 0.878. The molecule has 140 valence electrons. The fourth-order valence-corrected chi connectivity index (χ4v) is 2.78. The Balaban J connectivity index is 2.16. The lowest BCUT2D eigenvalue weighted by atomic mass is 10.1. The topological polar surface area (TPSA) is 44.8 Å². The molecule has 0 bridgehead atoms. The third-order valence-electron chi connectivity index (χ3n) is 4.15. The van der Waals surface area contributed by atoms with Crippen molar-refractivity contribution in [1.82, 2.24) is 9.80 Å². The summed E-state index contributed by atoms with van der Waals surface area (Å²) in [5.74, 6) is 0. The number of amides is 2. The van der Waals surface area contributed by atoms with Gasteiger partial charge in [-0.25, -0.2) is 4.79 Å². The van der Waals surface area contributed by atoms with Crippen LogP contribution in [0.1, 0.15) is 18.4 Å². The fraction of sp³-hybridized carbons (Fsp3) is 0.588. The van der Waals surface area contributed by atoms with Gasteiger partial charge in [0.15, 0.2) is 0 Å². The van der Waals surface area contributed by atoms with Crippen molar-refractivity contribution in [3.63, 3.8) is 0 Å². The second-order valence-corrected chi connectivity index (χ2v) is 6.31. The van der Waals surface area contributed by atoms with Gasteiger partial charge in [0.25, 0.3) is 0 Å². The van der Waals surface area contributed by atoms with Gasteiger partial charge in [-0.2, -0.15) is 13.2 Å². The highest BCUT2D eigenvalue weighted by molar-refractivity contribution is 5.90. The summed E-state index contributed by atoms with van der Waals surface area (Å²) < 4.78 is 44.7. The zero-order valence-electron chi connectivity index (χ0n) is 14.5. The molecule has 1 fully saturated rings. The minimum atomic E-state index is -4.52. The first-order valence-electron chi connectivity index (χ1n) is 8.25. The molecular weight excluding hydrogens is 335 g/mol. The summed E-state index contributed by atoms with van der Waals surface area (Å²) in [6, 6.07) is 4.48. The first-order valence-corrected chi connectivity index (χ1v) is 8.25. The summed E-state index contributed by atoms with van der Waals surface area (Å²) in [5.41, 5.74) is -1.07. The van der Waals surface area contributed by atoms with Gasteiger partial charge in [-0.05, 0) is 39.1 Å². The van der Waals surface area contributed by atoms with Gasteiger partial charge in [-0.1, -0.05) is 12.1 Å². The van der Waals surface area contributed by atoms with Gasteiger partial charge in [0.1, 0.15) is 0 Å². The van der Waals surface area contributed by atoms with Gasteiger partial charge in [-0.15, -0.1) is 0 Å². The Morgan fingerprint density at radius 1 is 1.20 bits per heavy atom. The zero-order chi connectivity index (χ0) is 18.4. The monoisotopic (exact) mass is 359 g/mol. The molecule has 1 aliphatic heterocycles. The molecule has 2 amide bonds. The van der Waals surface area contributed by atoms with E-state index in [1.54, 1.807) is 4.90 Å². The Hall–Kier alpha value is -1.80. The number of nitrogens with one attached hydrogen (secondary N) is 1. The largest absolute Gasteiger partial charge is 0.418 e. The number of carbonyl (C=O) groups excluding carboxylic acids is 1. The van der Waals surface area contributed by atoms with Crippen LogP contribution >= 0.6 is 0 Å². The van der Waals surface area contributed by atoms with Crippen LogP contribution in [-0.4, -0.2) is 62.3 Å². The first-order chi connectivity index (χ1) is 11.8. The summed E-state index contributed by atoms with van der Waals surface area (Å²) in [7, 11) is 3.78. The molecule has 1 saturated heterocycles. The lowest BCUT2D eigenvalue weighted by Crippen LogP contribution is -2.48. The molecule has 1 aromatic carbocycles. The standard InChI is InChI=1S/C17H24F3N3O2/c1-22(2)9-10-23(13-7-11-25-12-8-13)16(24)21-15-6-4-3-5-14(15)17(18,19)20/h3-6,13H,7-12H2,1-2H3,(H,21,24). The van der Waals surface area contributed by atoms with E-state index in [-0.39, 0.29) is 11.7 Å². The molecule has 0 unspecified atom stereocenters. The molecule has 0 atom stereocenters. The lowest BCUT2D eigenvalue weighted by molar-refractivity contribution is -0.136. The van der Waals surface area contributed by atoms with E-state index in [9.17, 15) is 18.0 Å². The number of ether oxygens (including phenoxy) is 1. The smallest absolute Gasteiger partial charge is 0.381 e. The highest BCUT2D eigenvalue weighted by Crippen LogP contribution is 2.34. The summed E-state index contributed by atoms with van der Waals surface area (Å²) in [6.07, 6.45) is -3.15. The zero-order valence-corrected chi connectivity index (χ0v) is 14.5. The number of hydrogen-bond acceptors (Lipinski definition) is 3. The molecular formula is C17H24F3N3O2. The van der Waals surface area contributed by atoms with Crippen molar-refractivity contribution in [2.24, 2.45) is 0 Å². The van der Waals surface area contributed by atoms with Gasteiger partial charge in [0, 0.05) is 32.3 Å². The van der Waals surface area contributed by atoms with E-state index in [0.29, 0.717) is 39.1 Å². The minimum absolute atomic E-state index is 0.0354. The number of para-hydroxylation sites is 1. The molecule has 5 nitrogen and oxygen atoms in total. The molecule has 0 aliphatic carbocycles. The molecule has 1 N–H and O–H groups in total. The van der Waals surface area contributed by atoms with Crippen molar-refractivity contribution in [2.45, 2.75) is 25.1 Å². The predicted molar refractivity (Wildman–Crippen MR) is 89.6 cm³/mol. The van der Waals surface area contributed by atoms with Crippen LogP contribution in [0.5, 0.6) is 0 Å². The Kier molecular flexibility index (Phi) is 6.66. The maximum atomic E-state index is 13.1. The van der Waals surface area contributed by atoms with Crippen molar-refractivity contribution < 1.29 is 22.7 Å². The molecule has 1 heterocycles. The van der Waals surface area contributed by atoms with Crippen molar-refractivity contribution >= 4 is 11.7 Å². The SMILES string of the molecule is CN(C)CCN(C(=O)Nc1ccccc1C(F)(F)F)C1CCOCC1. The maximum absolute atomic E-state index is 13.1. The van der Waals surface area contributed by atoms with Gasteiger partial charge >= 0.3 is 12.2 Å². The second kappa shape index (κ2) is 8.53. The Bertz CT molecular complexity index is 573. The molecule has 8 heteroatoms. The number of nitrogens with zero attached hydrogens (tertiary/aromatic N) is 2. The van der Waals surface area contributed by atoms with E-state index < -0.39 is 17.8 Å². The van der Waals surface area contributed by atoms with Crippen LogP contribution in [0.3, 0.4) is 0 Å². The molecule has 0 spiro atoms. The number of likely N-dealkylation sites (N-methyl/N-ethyl adjacent to an activating group) is 1. The summed E-state index contributed by atoms with van der Waals surface area (Å²) in [6.45, 7) is 2.18. The van der Waals surface area contributed by atoms with Crippen LogP contribution in [-0.2, 0) is 10.9 Å². The lowest BCUT2D eigenvalue weighted by Gasteiger charge is -2.35. The van der Waals surface area contributed by atoms with Crippen molar-refractivity contribution in [3.05, 3.63) is 29.8 Å². The average molecular weight is 359 g/mol. The highest BCUT2D eigenvalue weighted by atomic mass is 19.4. The second-order valence-electron chi connectivity index (χ2n) is 6.31. The number of hydrogen-bond donors (Lipinski definition) is 1. The summed E-state index contributed by atoms with van der Waals surface area (Å²) in [4.78, 5) is 16.2. The van der Waals surface area contributed by atoms with Crippen LogP contribution in [0.25, 0.3) is 0 Å². The van der Waals surface area contributed by atoms with E-state index in [4.69, 9.17) is 4.74 Å². The highest BCUT2D eigenvalue weighted by Gasteiger charge is 2.34. The molecule has 1 aliphatic rings. The summed E-state index contributed by atoms with van der Waals surface area (Å²) >= 11 is 0. The van der Waals surface area contributed by atoms with E-state index in [1.807, 2.05) is 19.0 Å². The maximum Gasteiger partial charge on any atom is 0.418 e. The fourth-order valence-electron chi connectivity index (χ4n) is 2.78. The molecule has 0 aromatic heterocycles. The third-order valence-corrected chi connectivity index (χ3v) is 4.15. The Labute approximate surface area is 145 Å². The van der Waals surface area contributed by atoms with E-state index >= 15 is 0 Å². The van der Waals surface area contributed by atoms with Gasteiger partial charge in [-0.3, -0.25) is 0 Å². The van der Waals surface area contributed by atoms with E-state index in [0.717, 1.165) is 6.07 Å². The number of rotatable bonds is 5. The Morgan fingerprint density at radius 2 is 1.84 bits per heavy atom. The van der Waals surface area contributed by atoms with Crippen LogP contribution in [0.15, 0.2) is 24.3 Å². The molecule has 1 aromatic rings. The number of anilines is 1. The van der Waals surface area contributed by atoms with Gasteiger partial charge in [0.2, 0.25) is 0 Å². The number of urea groups is 1. The van der Waals surface area contributed by atoms with Crippen LogP contribution in [0.2, 0.25) is 0 Å². The van der Waals surface area contributed by atoms with Crippen LogP contribution in [0, 0.1) is 0 Å². The number of benzene rings is 1. The van der Waals surface area contributed by atoms with Crippen LogP contribution in [0.4, 0.5) is 23.7 Å². The number of carbonyl (C=O) groups is 1. The van der Waals surface area contributed by atoms with Crippen molar-refractivity contribution in [3.8, 4) is 0 Å². The van der Waals surface area contributed by atoms with E-state index in [1.165, 1.54) is 18.2 Å². The average Bonchev–Trinajstić information content (AvgIpc) is 2.55. The van der Waals surface area contributed by atoms with E-state index in [2.05, 4.69) is 5.32 Å². The molecule has 25 heavy (non-hydrogen) atoms. The minimum Gasteiger partial charge on any atom is -0.381 e. The molecule has 0 radical (unpaired) electrons. The first kappa shape index (κ1) is 19.5. The van der Waals surface area contributed by atoms with Gasteiger partial charge < -0.3 is 19.9 Å². The number of alkyl halides is 3. The molecule has 2 rings (SSSR count). The number of halogens is 3. The van der Waals surface area contributed by atoms with Crippen LogP contribution < -0.4 is 5.32 Å². The van der Waals surface area contributed by atoms with Crippen molar-refractivity contribution in [1.29, 1.82) is 0 Å². The predicted octanol–water partition coefficient (Wildman–Crippen LogP) is 3.28. The van der Waals surface area contributed by atoms with Crippen molar-refractivity contribution in [2.75, 3.05) is 45.7 Å². The molecule has 0 saturated carbocycles. The third kappa shape index (κ3) is 5.61. The van der Waals surface area contributed by atoms with Gasteiger partial charge in [0.05, 0.1) is 11.3 Å².